The first-order chi connectivity index (χ1) is 4.93. The highest BCUT2D eigenvalue weighted by Crippen LogP contribution is 2.13. The van der Waals surface area contributed by atoms with Gasteiger partial charge in [-0.1, -0.05) is 0 Å². The highest BCUT2D eigenvalue weighted by atomic mass is 127. The molecule has 1 rings (SSSR count). The third kappa shape index (κ3) is 3.18. The van der Waals surface area contributed by atoms with E-state index < -0.39 is 0 Å². The maximum absolute atomic E-state index is 5.08. The van der Waals surface area contributed by atoms with Gasteiger partial charge in [0.25, 0.3) is 0 Å². The fourth-order valence-corrected chi connectivity index (χ4v) is 1.82. The number of thiazole rings is 1. The molecule has 0 N–H and O–H groups in total. The molecule has 5 heteroatoms. The van der Waals surface area contributed by atoms with Gasteiger partial charge in [0.1, 0.15) is 0 Å². The Balaban J connectivity index is 2.15. The van der Waals surface area contributed by atoms with Gasteiger partial charge in [-0.15, -0.1) is 11.3 Å². The van der Waals surface area contributed by atoms with E-state index in [9.17, 15) is 0 Å². The van der Waals surface area contributed by atoms with Crippen LogP contribution < -0.4 is 0 Å². The molecule has 0 fully saturated rings. The second-order valence-corrected chi connectivity index (χ2v) is 3.98. The topological polar surface area (TPSA) is 22.1 Å². The van der Waals surface area contributed by atoms with E-state index in [1.165, 1.54) is 9.21 Å². The molecule has 0 saturated carbocycles. The number of rotatable bonds is 4. The lowest BCUT2D eigenvalue weighted by molar-refractivity contribution is 0.385. The smallest absolute Gasteiger partial charge is 0.0948 e. The second kappa shape index (κ2) is 5.34. The molecule has 0 aliphatic heterocycles. The second-order valence-electron chi connectivity index (χ2n) is 1.56. The molecule has 56 valence electrons. The predicted molar refractivity (Wildman–Crippen MR) is 53.4 cm³/mol. The van der Waals surface area contributed by atoms with Crippen molar-refractivity contribution in [3.8, 4) is 0 Å². The Labute approximate surface area is 80.2 Å². The van der Waals surface area contributed by atoms with E-state index in [2.05, 4.69) is 26.2 Å². The van der Waals surface area contributed by atoms with E-state index >= 15 is 0 Å². The summed E-state index contributed by atoms with van der Waals surface area (Å²) < 4.78 is 5.08. The van der Waals surface area contributed by atoms with Crippen LogP contribution in [0.1, 0.15) is 5.01 Å². The maximum atomic E-state index is 5.08. The molecule has 0 saturated heterocycles. The van der Waals surface area contributed by atoms with Crippen molar-refractivity contribution < 1.29 is 4.18 Å². The van der Waals surface area contributed by atoms with Crippen LogP contribution in [0.3, 0.4) is 0 Å². The minimum Gasteiger partial charge on any atom is -0.305 e. The molecule has 10 heavy (non-hydrogen) atoms. The van der Waals surface area contributed by atoms with Crippen molar-refractivity contribution in [2.24, 2.45) is 0 Å². The average Bonchev–Trinajstić information content (AvgIpc) is 2.41. The summed E-state index contributed by atoms with van der Waals surface area (Å²) in [6, 6.07) is 0. The summed E-state index contributed by atoms with van der Waals surface area (Å²) >= 11 is 3.78. The average molecular weight is 287 g/mol. The first-order valence-electron chi connectivity index (χ1n) is 2.72. The normalized spacial score (nSPS) is 10.1. The van der Waals surface area contributed by atoms with Gasteiger partial charge in [-0.2, -0.15) is 0 Å². The summed E-state index contributed by atoms with van der Waals surface area (Å²) in [7, 11) is 1.37. The lowest BCUT2D eigenvalue weighted by Gasteiger charge is -1.93. The van der Waals surface area contributed by atoms with Crippen molar-refractivity contribution >= 4 is 41.8 Å². The molecular weight excluding hydrogens is 281 g/mol. The molecule has 0 radical (unpaired) electrons. The summed E-state index contributed by atoms with van der Waals surface area (Å²) in [4.78, 5) is 4.11. The summed E-state index contributed by atoms with van der Waals surface area (Å²) in [5, 5.41) is 3.12. The molecule has 0 aliphatic rings. The first kappa shape index (κ1) is 8.76. The Morgan fingerprint density at radius 1 is 1.80 bits per heavy atom. The largest absolute Gasteiger partial charge is 0.305 e. The zero-order valence-electron chi connectivity index (χ0n) is 5.12. The number of hydrogen-bond acceptors (Lipinski definition) is 4. The third-order valence-electron chi connectivity index (χ3n) is 0.927. The van der Waals surface area contributed by atoms with Crippen LogP contribution >= 0.6 is 41.8 Å². The first-order valence-corrected chi connectivity index (χ1v) is 6.88. The molecule has 2 nitrogen and oxygen atoms in total. The lowest BCUT2D eigenvalue weighted by atomic mass is 10.5. The van der Waals surface area contributed by atoms with Crippen LogP contribution in [0.4, 0.5) is 0 Å². The van der Waals surface area contributed by atoms with Crippen LogP contribution in [0.2, 0.25) is 0 Å². The number of aromatic nitrogens is 1. The molecule has 1 aromatic heterocycles. The molecule has 1 aromatic rings. The summed E-state index contributed by atoms with van der Waals surface area (Å²) in [6.45, 7) is 0.751. The fraction of sp³-hybridized carbons (Fsp3) is 0.400. The molecule has 0 bridgehead atoms. The molecule has 0 amide bonds. The molecule has 0 spiro atoms. The van der Waals surface area contributed by atoms with Gasteiger partial charge < -0.3 is 4.18 Å². The summed E-state index contributed by atoms with van der Waals surface area (Å²) in [5.41, 5.74) is 0. The number of halogens is 1. The maximum Gasteiger partial charge on any atom is 0.0948 e. The number of nitrogens with zero attached hydrogens (tertiary/aromatic N) is 1. The van der Waals surface area contributed by atoms with E-state index in [-0.39, 0.29) is 0 Å². The van der Waals surface area contributed by atoms with Gasteiger partial charge in [0.05, 0.1) is 20.8 Å². The molecular formula is C5H6INOS2. The highest BCUT2D eigenvalue weighted by molar-refractivity contribution is 14.2. The summed E-state index contributed by atoms with van der Waals surface area (Å²) in [6.07, 6.45) is 2.74. The minimum atomic E-state index is 0.751. The van der Waals surface area contributed by atoms with Crippen LogP contribution in [0.25, 0.3) is 0 Å². The van der Waals surface area contributed by atoms with Crippen molar-refractivity contribution in [1.29, 1.82) is 0 Å². The number of hydrogen-bond donors (Lipinski definition) is 0. The monoisotopic (exact) mass is 287 g/mol. The van der Waals surface area contributed by atoms with Gasteiger partial charge in [-0.25, -0.2) is 4.98 Å². The van der Waals surface area contributed by atoms with Crippen LogP contribution in [0, 0.1) is 0 Å². The Hall–Kier alpha value is 0.670. The van der Waals surface area contributed by atoms with Gasteiger partial charge in [-0.05, 0) is 0 Å². The molecule has 0 aliphatic carbocycles. The van der Waals surface area contributed by atoms with Gasteiger partial charge in [0, 0.05) is 39.2 Å². The SMILES string of the molecule is ISOCCc1nccs1. The zero-order chi connectivity index (χ0) is 7.23. The van der Waals surface area contributed by atoms with Crippen LogP contribution in [-0.4, -0.2) is 11.6 Å². The van der Waals surface area contributed by atoms with E-state index in [0.29, 0.717) is 0 Å². The molecule has 1 heterocycles. The van der Waals surface area contributed by atoms with E-state index in [1.807, 2.05) is 11.6 Å². The molecule has 0 aromatic carbocycles. The van der Waals surface area contributed by atoms with Crippen molar-refractivity contribution in [3.05, 3.63) is 16.6 Å². The Morgan fingerprint density at radius 3 is 3.30 bits per heavy atom. The van der Waals surface area contributed by atoms with Crippen molar-refractivity contribution in [2.45, 2.75) is 6.42 Å². The van der Waals surface area contributed by atoms with Gasteiger partial charge in [0.15, 0.2) is 0 Å². The third-order valence-corrected chi connectivity index (χ3v) is 2.79. The van der Waals surface area contributed by atoms with Crippen LogP contribution in [-0.2, 0) is 10.6 Å². The summed E-state index contributed by atoms with van der Waals surface area (Å²) in [5.74, 6) is 0. The van der Waals surface area contributed by atoms with E-state index in [1.54, 1.807) is 11.3 Å². The minimum absolute atomic E-state index is 0.751. The fourth-order valence-electron chi connectivity index (χ4n) is 0.537. The zero-order valence-corrected chi connectivity index (χ0v) is 8.91. The van der Waals surface area contributed by atoms with Gasteiger partial charge >= 0.3 is 0 Å². The van der Waals surface area contributed by atoms with Crippen molar-refractivity contribution in [3.63, 3.8) is 0 Å². The Bertz CT molecular complexity index is 168. The quantitative estimate of drug-likeness (QED) is 0.483. The van der Waals surface area contributed by atoms with Crippen molar-refractivity contribution in [1.82, 2.24) is 4.98 Å². The Morgan fingerprint density at radius 2 is 2.70 bits per heavy atom. The highest BCUT2D eigenvalue weighted by Gasteiger charge is 1.93. The van der Waals surface area contributed by atoms with E-state index in [4.69, 9.17) is 4.18 Å². The van der Waals surface area contributed by atoms with Crippen LogP contribution in [0.5, 0.6) is 0 Å². The van der Waals surface area contributed by atoms with Gasteiger partial charge in [0.2, 0.25) is 0 Å². The molecule has 0 atom stereocenters. The standard InChI is InChI=1S/C5H6INOS2/c6-10-8-3-1-5-7-2-4-9-5/h2,4H,1,3H2. The lowest BCUT2D eigenvalue weighted by Crippen LogP contribution is -1.90. The molecule has 0 unspecified atom stereocenters. The predicted octanol–water partition coefficient (Wildman–Crippen LogP) is 2.70. The van der Waals surface area contributed by atoms with Gasteiger partial charge in [-0.3, -0.25) is 0 Å². The van der Waals surface area contributed by atoms with Crippen molar-refractivity contribution in [2.75, 3.05) is 6.61 Å². The van der Waals surface area contributed by atoms with E-state index in [0.717, 1.165) is 18.0 Å². The van der Waals surface area contributed by atoms with Crippen LogP contribution in [0.15, 0.2) is 11.6 Å². The Kier molecular flexibility index (Phi) is 4.68.